The molecule has 0 unspecified atom stereocenters. The molecule has 3 N–H and O–H groups in total. The van der Waals surface area contributed by atoms with Gasteiger partial charge in [0.1, 0.15) is 11.5 Å². The third kappa shape index (κ3) is 2.11. The molecule has 0 saturated heterocycles. The van der Waals surface area contributed by atoms with Gasteiger partial charge >= 0.3 is 0 Å². The number of rotatable bonds is 3. The van der Waals surface area contributed by atoms with E-state index in [0.717, 1.165) is 5.56 Å². The Labute approximate surface area is 76.7 Å². The van der Waals surface area contributed by atoms with Crippen molar-refractivity contribution in [2.45, 2.75) is 13.5 Å². The summed E-state index contributed by atoms with van der Waals surface area (Å²) in [5, 5.41) is 18.0. The summed E-state index contributed by atoms with van der Waals surface area (Å²) in [7, 11) is 1.56. The highest BCUT2D eigenvalue weighted by Gasteiger charge is 2.06. The molecule has 0 aliphatic heterocycles. The van der Waals surface area contributed by atoms with Crippen molar-refractivity contribution >= 4 is 0 Å². The van der Waals surface area contributed by atoms with Gasteiger partial charge in [-0.25, -0.2) is 5.48 Å². The van der Waals surface area contributed by atoms with Crippen molar-refractivity contribution in [3.05, 3.63) is 23.3 Å². The van der Waals surface area contributed by atoms with Gasteiger partial charge in [-0.1, -0.05) is 0 Å². The van der Waals surface area contributed by atoms with Crippen LogP contribution in [0.1, 0.15) is 11.1 Å². The molecule has 0 aliphatic rings. The highest BCUT2D eigenvalue weighted by Crippen LogP contribution is 2.27. The first-order chi connectivity index (χ1) is 6.19. The summed E-state index contributed by atoms with van der Waals surface area (Å²) in [5.41, 5.74) is 3.32. The van der Waals surface area contributed by atoms with E-state index in [1.54, 1.807) is 26.2 Å². The molecule has 1 aromatic carbocycles. The molecule has 4 nitrogen and oxygen atoms in total. The van der Waals surface area contributed by atoms with E-state index in [1.807, 2.05) is 5.48 Å². The maximum atomic E-state index is 9.54. The first-order valence-corrected chi connectivity index (χ1v) is 3.92. The number of hydrogen-bond acceptors (Lipinski definition) is 4. The van der Waals surface area contributed by atoms with Crippen LogP contribution >= 0.6 is 0 Å². The Kier molecular flexibility index (Phi) is 3.11. The van der Waals surface area contributed by atoms with Crippen LogP contribution in [0.15, 0.2) is 12.1 Å². The molecule has 0 radical (unpaired) electrons. The fourth-order valence-electron chi connectivity index (χ4n) is 1.15. The third-order valence-corrected chi connectivity index (χ3v) is 1.86. The second-order valence-corrected chi connectivity index (χ2v) is 2.79. The lowest BCUT2D eigenvalue weighted by molar-refractivity contribution is 0.160. The lowest BCUT2D eigenvalue weighted by atomic mass is 10.1. The Morgan fingerprint density at radius 1 is 1.46 bits per heavy atom. The molecule has 0 saturated carbocycles. The van der Waals surface area contributed by atoms with Crippen molar-refractivity contribution in [2.75, 3.05) is 7.11 Å². The van der Waals surface area contributed by atoms with Crippen LogP contribution in [-0.2, 0) is 6.54 Å². The molecular weight excluding hydrogens is 170 g/mol. The molecule has 1 rings (SSSR count). The minimum absolute atomic E-state index is 0.183. The molecule has 0 spiro atoms. The van der Waals surface area contributed by atoms with Crippen molar-refractivity contribution in [1.29, 1.82) is 0 Å². The largest absolute Gasteiger partial charge is 0.507 e. The van der Waals surface area contributed by atoms with E-state index < -0.39 is 0 Å². The predicted molar refractivity (Wildman–Crippen MR) is 48.0 cm³/mol. The van der Waals surface area contributed by atoms with Gasteiger partial charge in [0.2, 0.25) is 0 Å². The lowest BCUT2D eigenvalue weighted by Crippen LogP contribution is -2.06. The molecule has 1 aromatic rings. The minimum atomic E-state index is 0.183. The number of aromatic hydroxyl groups is 1. The monoisotopic (exact) mass is 183 g/mol. The van der Waals surface area contributed by atoms with Crippen molar-refractivity contribution in [1.82, 2.24) is 5.48 Å². The Balaban J connectivity index is 3.09. The van der Waals surface area contributed by atoms with Crippen LogP contribution in [0.3, 0.4) is 0 Å². The molecule has 0 aliphatic carbocycles. The van der Waals surface area contributed by atoms with Gasteiger partial charge < -0.3 is 15.1 Å². The van der Waals surface area contributed by atoms with E-state index in [1.165, 1.54) is 0 Å². The zero-order chi connectivity index (χ0) is 9.84. The maximum absolute atomic E-state index is 9.54. The van der Waals surface area contributed by atoms with Crippen LogP contribution in [0.25, 0.3) is 0 Å². The van der Waals surface area contributed by atoms with E-state index in [-0.39, 0.29) is 12.3 Å². The smallest absolute Gasteiger partial charge is 0.123 e. The molecule has 13 heavy (non-hydrogen) atoms. The van der Waals surface area contributed by atoms with E-state index in [2.05, 4.69) is 0 Å². The van der Waals surface area contributed by atoms with E-state index in [0.29, 0.717) is 11.3 Å². The number of hydroxylamine groups is 1. The minimum Gasteiger partial charge on any atom is -0.507 e. The predicted octanol–water partition coefficient (Wildman–Crippen LogP) is 1.19. The number of phenolic OH excluding ortho intramolecular Hbond substituents is 1. The molecule has 0 aromatic heterocycles. The zero-order valence-electron chi connectivity index (χ0n) is 7.66. The molecule has 72 valence electrons. The first-order valence-electron chi connectivity index (χ1n) is 3.92. The van der Waals surface area contributed by atoms with Crippen LogP contribution in [0.2, 0.25) is 0 Å². The highest BCUT2D eigenvalue weighted by molar-refractivity contribution is 5.45. The SMILES string of the molecule is COc1cc(C)c(O)c(CNO)c1. The van der Waals surface area contributed by atoms with Crippen molar-refractivity contribution in [2.24, 2.45) is 0 Å². The highest BCUT2D eigenvalue weighted by atomic mass is 16.5. The normalized spacial score (nSPS) is 10.1. The number of ether oxygens (including phenoxy) is 1. The third-order valence-electron chi connectivity index (χ3n) is 1.86. The average Bonchev–Trinajstić information content (AvgIpc) is 2.13. The van der Waals surface area contributed by atoms with Crippen LogP contribution < -0.4 is 10.2 Å². The summed E-state index contributed by atoms with van der Waals surface area (Å²) in [5.74, 6) is 0.850. The van der Waals surface area contributed by atoms with Gasteiger partial charge in [0.25, 0.3) is 0 Å². The molecular formula is C9H13NO3. The van der Waals surface area contributed by atoms with Gasteiger partial charge in [-0.2, -0.15) is 0 Å². The van der Waals surface area contributed by atoms with Gasteiger partial charge in [0, 0.05) is 12.1 Å². The number of benzene rings is 1. The summed E-state index contributed by atoms with van der Waals surface area (Å²) in [6, 6.07) is 3.40. The molecule has 4 heteroatoms. The van der Waals surface area contributed by atoms with Crippen molar-refractivity contribution in [3.63, 3.8) is 0 Å². The molecule has 0 heterocycles. The summed E-state index contributed by atoms with van der Waals surface area (Å²) in [4.78, 5) is 0. The number of nitrogens with one attached hydrogen (secondary N) is 1. The molecule has 0 amide bonds. The number of aryl methyl sites for hydroxylation is 1. The molecule has 0 fully saturated rings. The Hall–Kier alpha value is -1.26. The molecule has 0 atom stereocenters. The first kappa shape index (κ1) is 9.83. The van der Waals surface area contributed by atoms with Gasteiger partial charge in [0.15, 0.2) is 0 Å². The fraction of sp³-hybridized carbons (Fsp3) is 0.333. The Morgan fingerprint density at radius 3 is 2.69 bits per heavy atom. The van der Waals surface area contributed by atoms with Crippen molar-refractivity contribution in [3.8, 4) is 11.5 Å². The number of methoxy groups -OCH3 is 1. The van der Waals surface area contributed by atoms with E-state index in [9.17, 15) is 5.11 Å². The van der Waals surface area contributed by atoms with Gasteiger partial charge in [-0.15, -0.1) is 0 Å². The van der Waals surface area contributed by atoms with Crippen LogP contribution in [0.4, 0.5) is 0 Å². The molecule has 0 bridgehead atoms. The average molecular weight is 183 g/mol. The fourth-order valence-corrected chi connectivity index (χ4v) is 1.15. The lowest BCUT2D eigenvalue weighted by Gasteiger charge is -2.08. The summed E-state index contributed by atoms with van der Waals surface area (Å²) < 4.78 is 5.02. The van der Waals surface area contributed by atoms with Crippen LogP contribution in [-0.4, -0.2) is 17.4 Å². The zero-order valence-corrected chi connectivity index (χ0v) is 7.66. The quantitative estimate of drug-likeness (QED) is 0.616. The summed E-state index contributed by atoms with van der Waals surface area (Å²) >= 11 is 0. The Morgan fingerprint density at radius 2 is 2.15 bits per heavy atom. The number of hydrogen-bond donors (Lipinski definition) is 3. The van der Waals surface area contributed by atoms with Crippen LogP contribution in [0.5, 0.6) is 11.5 Å². The second kappa shape index (κ2) is 4.11. The van der Waals surface area contributed by atoms with E-state index in [4.69, 9.17) is 9.94 Å². The number of phenols is 1. The summed E-state index contributed by atoms with van der Waals surface area (Å²) in [6.45, 7) is 1.97. The van der Waals surface area contributed by atoms with Gasteiger partial charge in [-0.3, -0.25) is 0 Å². The standard InChI is InChI=1S/C9H13NO3/c1-6-3-8(13-2)4-7(5-10-12)9(6)11/h3-4,10-12H,5H2,1-2H3. The topological polar surface area (TPSA) is 61.7 Å². The van der Waals surface area contributed by atoms with Gasteiger partial charge in [0.05, 0.1) is 7.11 Å². The summed E-state index contributed by atoms with van der Waals surface area (Å²) in [6.07, 6.45) is 0. The van der Waals surface area contributed by atoms with E-state index >= 15 is 0 Å². The second-order valence-electron chi connectivity index (χ2n) is 2.79. The maximum Gasteiger partial charge on any atom is 0.123 e. The Bertz CT molecular complexity index is 299. The van der Waals surface area contributed by atoms with Gasteiger partial charge in [-0.05, 0) is 24.6 Å². The van der Waals surface area contributed by atoms with Crippen molar-refractivity contribution < 1.29 is 15.1 Å². The van der Waals surface area contributed by atoms with Crippen LogP contribution in [0, 0.1) is 6.92 Å².